The van der Waals surface area contributed by atoms with E-state index in [1.807, 2.05) is 24.4 Å². The lowest BCUT2D eigenvalue weighted by molar-refractivity contribution is 1.18. The molecule has 0 aliphatic carbocycles. The summed E-state index contributed by atoms with van der Waals surface area (Å²) >= 11 is 1.69. The van der Waals surface area contributed by atoms with Crippen molar-refractivity contribution in [2.75, 3.05) is 0 Å². The molecule has 0 N–H and O–H groups in total. The van der Waals surface area contributed by atoms with E-state index in [2.05, 4.69) is 42.2 Å². The number of aryl methyl sites for hydroxylation is 1. The molecule has 0 fully saturated rings. The quantitative estimate of drug-likeness (QED) is 0.462. The Bertz CT molecular complexity index is 853. The Kier molecular flexibility index (Phi) is 2.60. The van der Waals surface area contributed by atoms with Crippen molar-refractivity contribution in [2.24, 2.45) is 4.99 Å². The van der Waals surface area contributed by atoms with Gasteiger partial charge in [-0.15, -0.1) is 0 Å². The predicted octanol–water partition coefficient (Wildman–Crippen LogP) is 4.76. The first-order valence-corrected chi connectivity index (χ1v) is 7.34. The summed E-state index contributed by atoms with van der Waals surface area (Å²) in [5.74, 6) is 0. The van der Waals surface area contributed by atoms with E-state index in [1.165, 1.54) is 10.9 Å². The molecule has 1 aliphatic heterocycles. The molecule has 2 nitrogen and oxygen atoms in total. The second-order valence-electron chi connectivity index (χ2n) is 4.91. The molecule has 0 spiro atoms. The van der Waals surface area contributed by atoms with Crippen molar-refractivity contribution < 1.29 is 0 Å². The summed E-state index contributed by atoms with van der Waals surface area (Å²) in [5.41, 5.74) is 4.38. The van der Waals surface area contributed by atoms with Crippen LogP contribution in [-0.2, 0) is 0 Å². The molecule has 0 amide bonds. The first-order valence-electron chi connectivity index (χ1n) is 6.52. The number of rotatable bonds is 0. The zero-order valence-corrected chi connectivity index (χ0v) is 11.8. The van der Waals surface area contributed by atoms with E-state index < -0.39 is 0 Å². The fourth-order valence-electron chi connectivity index (χ4n) is 2.36. The number of benzene rings is 2. The summed E-state index contributed by atoms with van der Waals surface area (Å²) in [4.78, 5) is 10.5. The molecule has 1 aliphatic rings. The average molecular weight is 276 g/mol. The van der Waals surface area contributed by atoms with Crippen molar-refractivity contribution >= 4 is 34.6 Å². The summed E-state index contributed by atoms with van der Waals surface area (Å²) in [6.45, 7) is 2.10. The number of hydrogen-bond acceptors (Lipinski definition) is 3. The molecule has 2 aromatic carbocycles. The zero-order valence-electron chi connectivity index (χ0n) is 11.0. The monoisotopic (exact) mass is 276 g/mol. The van der Waals surface area contributed by atoms with E-state index in [0.29, 0.717) is 0 Å². The Balaban J connectivity index is 1.95. The van der Waals surface area contributed by atoms with Crippen LogP contribution < -0.4 is 0 Å². The fraction of sp³-hybridized carbons (Fsp3) is 0.0588. The van der Waals surface area contributed by atoms with E-state index in [-0.39, 0.29) is 0 Å². The lowest BCUT2D eigenvalue weighted by atomic mass is 10.1. The van der Waals surface area contributed by atoms with Gasteiger partial charge in [-0.25, -0.2) is 4.98 Å². The SMILES string of the molecule is Cc1ccc2nc3c(cc2c1)C=Nc1ccccc1S3. The Hall–Kier alpha value is -2.13. The molecule has 3 aromatic rings. The third kappa shape index (κ3) is 1.91. The molecule has 0 atom stereocenters. The highest BCUT2D eigenvalue weighted by atomic mass is 32.2. The maximum absolute atomic E-state index is 4.79. The van der Waals surface area contributed by atoms with Gasteiger partial charge < -0.3 is 0 Å². The summed E-state index contributed by atoms with van der Waals surface area (Å²) in [7, 11) is 0. The van der Waals surface area contributed by atoms with Crippen molar-refractivity contribution in [1.82, 2.24) is 4.98 Å². The first-order chi connectivity index (χ1) is 9.79. The Labute approximate surface area is 121 Å². The molecule has 2 heterocycles. The Morgan fingerprint density at radius 3 is 2.85 bits per heavy atom. The topological polar surface area (TPSA) is 25.2 Å². The van der Waals surface area contributed by atoms with Crippen LogP contribution in [0.1, 0.15) is 11.1 Å². The number of aliphatic imine (C=N–C) groups is 1. The van der Waals surface area contributed by atoms with Gasteiger partial charge in [-0.05, 0) is 37.3 Å². The lowest BCUT2D eigenvalue weighted by Crippen LogP contribution is -1.91. The van der Waals surface area contributed by atoms with Crippen molar-refractivity contribution in [3.8, 4) is 0 Å². The highest BCUT2D eigenvalue weighted by Gasteiger charge is 2.13. The van der Waals surface area contributed by atoms with Crippen LogP contribution in [0.2, 0.25) is 0 Å². The minimum Gasteiger partial charge on any atom is -0.255 e. The molecule has 20 heavy (non-hydrogen) atoms. The summed E-state index contributed by atoms with van der Waals surface area (Å²) in [5, 5.41) is 2.19. The predicted molar refractivity (Wildman–Crippen MR) is 84.3 cm³/mol. The van der Waals surface area contributed by atoms with Crippen LogP contribution in [-0.4, -0.2) is 11.2 Å². The van der Waals surface area contributed by atoms with Gasteiger partial charge in [-0.3, -0.25) is 4.99 Å². The maximum atomic E-state index is 4.79. The molecule has 0 radical (unpaired) electrons. The molecule has 3 heteroatoms. The largest absolute Gasteiger partial charge is 0.255 e. The van der Waals surface area contributed by atoms with Crippen LogP contribution in [0.25, 0.3) is 10.9 Å². The Morgan fingerprint density at radius 2 is 1.90 bits per heavy atom. The number of hydrogen-bond donors (Lipinski definition) is 0. The minimum absolute atomic E-state index is 1.01. The number of pyridine rings is 1. The fourth-order valence-corrected chi connectivity index (χ4v) is 3.32. The smallest absolute Gasteiger partial charge is 0.110 e. The molecule has 0 saturated carbocycles. The van der Waals surface area contributed by atoms with Gasteiger partial charge in [0, 0.05) is 22.1 Å². The molecular formula is C17H12N2S. The molecular weight excluding hydrogens is 264 g/mol. The van der Waals surface area contributed by atoms with Gasteiger partial charge in [0.2, 0.25) is 0 Å². The first kappa shape index (κ1) is 11.7. The van der Waals surface area contributed by atoms with E-state index in [9.17, 15) is 0 Å². The second kappa shape index (κ2) is 4.46. The van der Waals surface area contributed by atoms with Gasteiger partial charge in [0.05, 0.1) is 11.2 Å². The molecule has 0 unspecified atom stereocenters. The van der Waals surface area contributed by atoms with E-state index in [1.54, 1.807) is 11.8 Å². The highest BCUT2D eigenvalue weighted by molar-refractivity contribution is 7.99. The number of aromatic nitrogens is 1. The molecule has 1 aromatic heterocycles. The van der Waals surface area contributed by atoms with Gasteiger partial charge in [-0.2, -0.15) is 0 Å². The number of para-hydroxylation sites is 1. The maximum Gasteiger partial charge on any atom is 0.110 e. The summed E-state index contributed by atoms with van der Waals surface area (Å²) in [6.07, 6.45) is 1.92. The number of nitrogens with zero attached hydrogens (tertiary/aromatic N) is 2. The minimum atomic E-state index is 1.01. The van der Waals surface area contributed by atoms with E-state index >= 15 is 0 Å². The third-order valence-corrected chi connectivity index (χ3v) is 4.46. The normalized spacial score (nSPS) is 12.8. The van der Waals surface area contributed by atoms with Crippen molar-refractivity contribution in [1.29, 1.82) is 0 Å². The summed E-state index contributed by atoms with van der Waals surface area (Å²) < 4.78 is 0. The van der Waals surface area contributed by atoms with E-state index in [4.69, 9.17) is 4.98 Å². The van der Waals surface area contributed by atoms with Crippen LogP contribution >= 0.6 is 11.8 Å². The second-order valence-corrected chi connectivity index (χ2v) is 5.94. The molecule has 0 bridgehead atoms. The zero-order chi connectivity index (χ0) is 13.5. The van der Waals surface area contributed by atoms with Crippen molar-refractivity contribution in [2.45, 2.75) is 16.8 Å². The molecule has 0 saturated heterocycles. The van der Waals surface area contributed by atoms with E-state index in [0.717, 1.165) is 26.7 Å². The van der Waals surface area contributed by atoms with Gasteiger partial charge in [0.1, 0.15) is 5.03 Å². The van der Waals surface area contributed by atoms with Crippen LogP contribution in [0.4, 0.5) is 5.69 Å². The van der Waals surface area contributed by atoms with Crippen molar-refractivity contribution in [3.63, 3.8) is 0 Å². The van der Waals surface area contributed by atoms with Crippen LogP contribution in [0.5, 0.6) is 0 Å². The van der Waals surface area contributed by atoms with Crippen LogP contribution in [0, 0.1) is 6.92 Å². The third-order valence-electron chi connectivity index (χ3n) is 3.38. The van der Waals surface area contributed by atoms with Gasteiger partial charge in [0.15, 0.2) is 0 Å². The van der Waals surface area contributed by atoms with Crippen LogP contribution in [0.15, 0.2) is 63.4 Å². The molecule has 4 rings (SSSR count). The highest BCUT2D eigenvalue weighted by Crippen LogP contribution is 2.38. The van der Waals surface area contributed by atoms with Crippen molar-refractivity contribution in [3.05, 3.63) is 59.7 Å². The van der Waals surface area contributed by atoms with Gasteiger partial charge in [-0.1, -0.05) is 35.5 Å². The summed E-state index contributed by atoms with van der Waals surface area (Å²) in [6, 6.07) is 16.7. The Morgan fingerprint density at radius 1 is 1.00 bits per heavy atom. The van der Waals surface area contributed by atoms with Crippen LogP contribution in [0.3, 0.4) is 0 Å². The lowest BCUT2D eigenvalue weighted by Gasteiger charge is -2.06. The number of fused-ring (bicyclic) bond motifs is 3. The standard InChI is InChI=1S/C17H12N2S/c1-11-6-7-14-12(8-11)9-13-10-18-15-4-2-3-5-16(15)20-17(13)19-14/h2-10H,1H3. The molecule has 96 valence electrons. The average Bonchev–Trinajstić information content (AvgIpc) is 2.64. The van der Waals surface area contributed by atoms with Gasteiger partial charge >= 0.3 is 0 Å². The van der Waals surface area contributed by atoms with Gasteiger partial charge in [0.25, 0.3) is 0 Å².